The van der Waals surface area contributed by atoms with Crippen LogP contribution in [0.3, 0.4) is 0 Å². The molecule has 1 fully saturated rings. The Morgan fingerprint density at radius 1 is 1.45 bits per heavy atom. The van der Waals surface area contributed by atoms with Crippen molar-refractivity contribution in [3.63, 3.8) is 0 Å². The molecule has 0 aromatic heterocycles. The number of benzene rings is 1. The van der Waals surface area contributed by atoms with Crippen molar-refractivity contribution in [2.75, 3.05) is 12.3 Å². The van der Waals surface area contributed by atoms with Gasteiger partial charge in [-0.1, -0.05) is 18.0 Å². The lowest BCUT2D eigenvalue weighted by molar-refractivity contribution is 0.134. The van der Waals surface area contributed by atoms with E-state index in [1.165, 1.54) is 12.1 Å². The van der Waals surface area contributed by atoms with Crippen molar-refractivity contribution in [1.29, 1.82) is 0 Å². The molecule has 0 saturated heterocycles. The van der Waals surface area contributed by atoms with Crippen LogP contribution in [0.2, 0.25) is 5.02 Å². The SMILES string of the molecule is Cc1cc(Cl)c(S(=O)(=O)NCC2CCCC2O)cc1N. The van der Waals surface area contributed by atoms with E-state index in [0.717, 1.165) is 24.8 Å². The molecule has 5 nitrogen and oxygen atoms in total. The van der Waals surface area contributed by atoms with E-state index in [4.69, 9.17) is 17.3 Å². The number of aliphatic hydroxyl groups is 1. The first-order chi connectivity index (χ1) is 9.31. The van der Waals surface area contributed by atoms with Crippen molar-refractivity contribution in [3.8, 4) is 0 Å². The lowest BCUT2D eigenvalue weighted by Gasteiger charge is -2.16. The molecule has 0 heterocycles. The molecule has 1 aliphatic rings. The molecule has 4 N–H and O–H groups in total. The molecule has 1 aliphatic carbocycles. The number of halogens is 1. The summed E-state index contributed by atoms with van der Waals surface area (Å²) in [4.78, 5) is -0.0187. The monoisotopic (exact) mass is 318 g/mol. The summed E-state index contributed by atoms with van der Waals surface area (Å²) in [5.41, 5.74) is 6.86. The summed E-state index contributed by atoms with van der Waals surface area (Å²) in [6.45, 7) is 1.98. The fourth-order valence-electron chi connectivity index (χ4n) is 2.42. The first-order valence-corrected chi connectivity index (χ1v) is 8.40. The van der Waals surface area contributed by atoms with Crippen LogP contribution in [0.1, 0.15) is 24.8 Å². The first-order valence-electron chi connectivity index (χ1n) is 6.54. The topological polar surface area (TPSA) is 92.4 Å². The zero-order valence-corrected chi connectivity index (χ0v) is 12.8. The van der Waals surface area contributed by atoms with E-state index in [1.807, 2.05) is 0 Å². The Balaban J connectivity index is 2.16. The van der Waals surface area contributed by atoms with E-state index in [9.17, 15) is 13.5 Å². The number of nitrogens with two attached hydrogens (primary N) is 1. The lowest BCUT2D eigenvalue weighted by Crippen LogP contribution is -2.32. The molecule has 1 saturated carbocycles. The molecule has 112 valence electrons. The zero-order valence-electron chi connectivity index (χ0n) is 11.3. The smallest absolute Gasteiger partial charge is 0.242 e. The summed E-state index contributed by atoms with van der Waals surface area (Å²) in [7, 11) is -3.71. The second kappa shape index (κ2) is 5.89. The molecule has 0 aliphatic heterocycles. The van der Waals surface area contributed by atoms with E-state index in [2.05, 4.69) is 4.72 Å². The van der Waals surface area contributed by atoms with Gasteiger partial charge in [0.25, 0.3) is 0 Å². The van der Waals surface area contributed by atoms with Crippen molar-refractivity contribution >= 4 is 27.3 Å². The van der Waals surface area contributed by atoms with E-state index >= 15 is 0 Å². The number of hydrogen-bond acceptors (Lipinski definition) is 4. The lowest BCUT2D eigenvalue weighted by atomic mass is 10.1. The van der Waals surface area contributed by atoms with Crippen LogP contribution in [-0.2, 0) is 10.0 Å². The third-order valence-electron chi connectivity index (χ3n) is 3.76. The van der Waals surface area contributed by atoms with Crippen molar-refractivity contribution < 1.29 is 13.5 Å². The summed E-state index contributed by atoms with van der Waals surface area (Å²) < 4.78 is 27.0. The molecule has 0 bridgehead atoms. The molecule has 1 aromatic rings. The zero-order chi connectivity index (χ0) is 14.9. The van der Waals surface area contributed by atoms with Gasteiger partial charge in [0.1, 0.15) is 4.90 Å². The number of sulfonamides is 1. The van der Waals surface area contributed by atoms with Gasteiger partial charge in [0.05, 0.1) is 11.1 Å². The highest BCUT2D eigenvalue weighted by molar-refractivity contribution is 7.89. The summed E-state index contributed by atoms with van der Waals surface area (Å²) >= 11 is 5.99. The third-order valence-corrected chi connectivity index (χ3v) is 5.65. The fourth-order valence-corrected chi connectivity index (χ4v) is 4.13. The number of aryl methyl sites for hydroxylation is 1. The average Bonchev–Trinajstić information content (AvgIpc) is 2.77. The Hall–Kier alpha value is -0.820. The van der Waals surface area contributed by atoms with Gasteiger partial charge in [-0.3, -0.25) is 0 Å². The van der Waals surface area contributed by atoms with Crippen LogP contribution in [0.15, 0.2) is 17.0 Å². The first kappa shape index (κ1) is 15.6. The molecule has 20 heavy (non-hydrogen) atoms. The Morgan fingerprint density at radius 2 is 2.15 bits per heavy atom. The number of aliphatic hydroxyl groups excluding tert-OH is 1. The summed E-state index contributed by atoms with van der Waals surface area (Å²) in [6, 6.07) is 2.90. The van der Waals surface area contributed by atoms with Crippen molar-refractivity contribution in [2.24, 2.45) is 5.92 Å². The van der Waals surface area contributed by atoms with Crippen LogP contribution in [0.25, 0.3) is 0 Å². The molecule has 2 atom stereocenters. The van der Waals surface area contributed by atoms with Gasteiger partial charge >= 0.3 is 0 Å². The quantitative estimate of drug-likeness (QED) is 0.736. The predicted octanol–water partition coefficient (Wildman–Crippen LogP) is 1.67. The largest absolute Gasteiger partial charge is 0.398 e. The van der Waals surface area contributed by atoms with Gasteiger partial charge in [-0.25, -0.2) is 13.1 Å². The molecule has 0 spiro atoms. The van der Waals surface area contributed by atoms with E-state index < -0.39 is 16.1 Å². The van der Waals surface area contributed by atoms with E-state index in [0.29, 0.717) is 5.69 Å². The number of anilines is 1. The van der Waals surface area contributed by atoms with Gasteiger partial charge in [-0.05, 0) is 43.4 Å². The summed E-state index contributed by atoms with van der Waals surface area (Å²) in [5, 5.41) is 9.86. The Morgan fingerprint density at radius 3 is 2.75 bits per heavy atom. The molecule has 0 radical (unpaired) electrons. The molecular formula is C13H19ClN2O3S. The second-order valence-electron chi connectivity index (χ2n) is 5.25. The normalized spacial score (nSPS) is 23.1. The maximum absolute atomic E-state index is 12.2. The van der Waals surface area contributed by atoms with Crippen LogP contribution >= 0.6 is 11.6 Å². The molecular weight excluding hydrogens is 300 g/mol. The number of hydrogen-bond donors (Lipinski definition) is 3. The minimum atomic E-state index is -3.71. The van der Waals surface area contributed by atoms with Gasteiger partial charge in [-0.2, -0.15) is 0 Å². The van der Waals surface area contributed by atoms with Crippen LogP contribution in [0.5, 0.6) is 0 Å². The van der Waals surface area contributed by atoms with Gasteiger partial charge in [0, 0.05) is 12.2 Å². The van der Waals surface area contributed by atoms with Crippen molar-refractivity contribution in [1.82, 2.24) is 4.72 Å². The van der Waals surface area contributed by atoms with Crippen LogP contribution in [0.4, 0.5) is 5.69 Å². The van der Waals surface area contributed by atoms with Crippen molar-refractivity contribution in [2.45, 2.75) is 37.2 Å². The highest BCUT2D eigenvalue weighted by atomic mass is 35.5. The summed E-state index contributed by atoms with van der Waals surface area (Å²) in [5.74, 6) is -0.0358. The Kier molecular flexibility index (Phi) is 4.59. The number of nitrogens with one attached hydrogen (secondary N) is 1. The molecule has 0 amide bonds. The third kappa shape index (κ3) is 3.25. The molecule has 7 heteroatoms. The van der Waals surface area contributed by atoms with Gasteiger partial charge in [0.2, 0.25) is 10.0 Å². The van der Waals surface area contributed by atoms with E-state index in [-0.39, 0.29) is 22.4 Å². The molecule has 1 aromatic carbocycles. The highest BCUT2D eigenvalue weighted by Crippen LogP contribution is 2.28. The van der Waals surface area contributed by atoms with Gasteiger partial charge < -0.3 is 10.8 Å². The predicted molar refractivity (Wildman–Crippen MR) is 79.1 cm³/mol. The van der Waals surface area contributed by atoms with Gasteiger partial charge in [-0.15, -0.1) is 0 Å². The maximum atomic E-state index is 12.2. The van der Waals surface area contributed by atoms with Crippen LogP contribution in [-0.4, -0.2) is 26.2 Å². The minimum absolute atomic E-state index is 0.0187. The van der Waals surface area contributed by atoms with Crippen LogP contribution < -0.4 is 10.5 Å². The van der Waals surface area contributed by atoms with E-state index in [1.54, 1.807) is 6.92 Å². The molecule has 2 unspecified atom stereocenters. The number of rotatable bonds is 4. The second-order valence-corrected chi connectivity index (χ2v) is 7.39. The standard InChI is InChI=1S/C13H19ClN2O3S/c1-8-5-10(14)13(6-11(8)15)20(18,19)16-7-9-3-2-4-12(9)17/h5-6,9,12,16-17H,2-4,7,15H2,1H3. The Bertz CT molecular complexity index is 604. The molecule has 2 rings (SSSR count). The number of nitrogen functional groups attached to an aromatic ring is 1. The maximum Gasteiger partial charge on any atom is 0.242 e. The Labute approximate surface area is 124 Å². The summed E-state index contributed by atoms with van der Waals surface area (Å²) in [6.07, 6.45) is 2.04. The van der Waals surface area contributed by atoms with Crippen molar-refractivity contribution in [3.05, 3.63) is 22.7 Å². The highest BCUT2D eigenvalue weighted by Gasteiger charge is 2.27. The minimum Gasteiger partial charge on any atom is -0.398 e. The van der Waals surface area contributed by atoms with Gasteiger partial charge in [0.15, 0.2) is 0 Å². The average molecular weight is 319 g/mol. The van der Waals surface area contributed by atoms with Crippen LogP contribution in [0, 0.1) is 12.8 Å². The fraction of sp³-hybridized carbons (Fsp3) is 0.538.